The van der Waals surface area contributed by atoms with Gasteiger partial charge in [0.1, 0.15) is 4.88 Å². The first-order chi connectivity index (χ1) is 9.27. The highest BCUT2D eigenvalue weighted by Crippen LogP contribution is 2.24. The van der Waals surface area contributed by atoms with Crippen LogP contribution in [0.5, 0.6) is 0 Å². The predicted molar refractivity (Wildman–Crippen MR) is 75.9 cm³/mol. The van der Waals surface area contributed by atoms with Crippen LogP contribution >= 0.6 is 11.3 Å². The lowest BCUT2D eigenvalue weighted by molar-refractivity contribution is 0.0271. The van der Waals surface area contributed by atoms with Gasteiger partial charge in [-0.15, -0.1) is 11.3 Å². The molecule has 5 nitrogen and oxygen atoms in total. The third-order valence-electron chi connectivity index (χ3n) is 2.69. The number of hydrogen-bond acceptors (Lipinski definition) is 6. The second-order valence-electron chi connectivity index (χ2n) is 5.66. The number of ether oxygens (including phenoxy) is 1. The van der Waals surface area contributed by atoms with Crippen molar-refractivity contribution < 1.29 is 14.1 Å². The molecule has 6 heteroatoms. The number of carbonyl (C=O) groups excluding carboxylic acids is 1. The fourth-order valence-electron chi connectivity index (χ4n) is 1.52. The molecule has 0 bridgehead atoms. The van der Waals surface area contributed by atoms with Crippen LogP contribution in [0, 0.1) is 6.92 Å². The van der Waals surface area contributed by atoms with Gasteiger partial charge in [0.15, 0.2) is 11.9 Å². The summed E-state index contributed by atoms with van der Waals surface area (Å²) in [5.41, 5.74) is -0.198. The number of hydrogen-bond donors (Lipinski definition) is 0. The molecule has 2 aromatic rings. The minimum Gasteiger partial charge on any atom is -0.448 e. The van der Waals surface area contributed by atoms with Gasteiger partial charge in [-0.05, 0) is 26.0 Å². The zero-order valence-electron chi connectivity index (χ0n) is 12.3. The average Bonchev–Trinajstić information content (AvgIpc) is 2.95. The number of nitrogens with zero attached hydrogens (tertiary/aromatic N) is 2. The molecule has 0 radical (unpaired) electrons. The van der Waals surface area contributed by atoms with Crippen molar-refractivity contribution >= 4 is 17.3 Å². The fourth-order valence-corrected chi connectivity index (χ4v) is 2.27. The van der Waals surface area contributed by atoms with Gasteiger partial charge >= 0.3 is 5.97 Å². The van der Waals surface area contributed by atoms with E-state index < -0.39 is 6.10 Å². The maximum absolute atomic E-state index is 11.9. The Balaban J connectivity index is 2.07. The summed E-state index contributed by atoms with van der Waals surface area (Å²) >= 11 is 1.40. The monoisotopic (exact) mass is 294 g/mol. The van der Waals surface area contributed by atoms with Gasteiger partial charge < -0.3 is 9.26 Å². The molecule has 108 valence electrons. The quantitative estimate of drug-likeness (QED) is 0.808. The molecule has 2 rings (SSSR count). The lowest BCUT2D eigenvalue weighted by atomic mass is 9.96. The number of rotatable bonds is 3. The standard InChI is InChI=1S/C14H18N2O3S/c1-8-6-7-10(20-8)12(17)18-9(2)11-15-13(16-19-11)14(3,4)5/h6-7,9H,1-5H3. The van der Waals surface area contributed by atoms with Crippen LogP contribution in [0.1, 0.15) is 60.1 Å². The van der Waals surface area contributed by atoms with E-state index in [-0.39, 0.29) is 11.4 Å². The van der Waals surface area contributed by atoms with E-state index in [9.17, 15) is 4.79 Å². The predicted octanol–water partition coefficient (Wildman–Crippen LogP) is 3.66. The minimum absolute atomic E-state index is 0.198. The molecule has 0 aliphatic rings. The van der Waals surface area contributed by atoms with Crippen molar-refractivity contribution in [2.45, 2.75) is 46.1 Å². The van der Waals surface area contributed by atoms with Crippen LogP contribution in [-0.2, 0) is 10.2 Å². The van der Waals surface area contributed by atoms with Crippen LogP contribution in [0.4, 0.5) is 0 Å². The van der Waals surface area contributed by atoms with Crippen molar-refractivity contribution in [3.63, 3.8) is 0 Å². The number of aromatic nitrogens is 2. The summed E-state index contributed by atoms with van der Waals surface area (Å²) in [6.07, 6.45) is -0.562. The Labute approximate surface area is 122 Å². The van der Waals surface area contributed by atoms with E-state index >= 15 is 0 Å². The van der Waals surface area contributed by atoms with E-state index in [1.807, 2.05) is 33.8 Å². The summed E-state index contributed by atoms with van der Waals surface area (Å²) in [4.78, 5) is 17.9. The van der Waals surface area contributed by atoms with Gasteiger partial charge in [0.05, 0.1) is 0 Å². The summed E-state index contributed by atoms with van der Waals surface area (Å²) < 4.78 is 10.5. The van der Waals surface area contributed by atoms with Gasteiger partial charge in [0.2, 0.25) is 0 Å². The Hall–Kier alpha value is -1.69. The van der Waals surface area contributed by atoms with E-state index in [1.165, 1.54) is 11.3 Å². The van der Waals surface area contributed by atoms with Gasteiger partial charge in [-0.3, -0.25) is 0 Å². The summed E-state index contributed by atoms with van der Waals surface area (Å²) in [5, 5.41) is 3.92. The van der Waals surface area contributed by atoms with Crippen molar-refractivity contribution in [3.05, 3.63) is 33.6 Å². The molecule has 2 heterocycles. The number of carbonyl (C=O) groups is 1. The molecular weight excluding hydrogens is 276 g/mol. The Morgan fingerprint density at radius 1 is 1.40 bits per heavy atom. The van der Waals surface area contributed by atoms with Gasteiger partial charge in [-0.2, -0.15) is 4.98 Å². The van der Waals surface area contributed by atoms with Crippen LogP contribution < -0.4 is 0 Å². The van der Waals surface area contributed by atoms with E-state index in [0.29, 0.717) is 16.6 Å². The highest BCUT2D eigenvalue weighted by molar-refractivity contribution is 7.13. The van der Waals surface area contributed by atoms with Crippen molar-refractivity contribution in [2.75, 3.05) is 0 Å². The summed E-state index contributed by atoms with van der Waals surface area (Å²) in [7, 11) is 0. The van der Waals surface area contributed by atoms with Gasteiger partial charge in [0.25, 0.3) is 5.89 Å². The van der Waals surface area contributed by atoms with Crippen LogP contribution in [0.25, 0.3) is 0 Å². The Kier molecular flexibility index (Phi) is 3.94. The zero-order chi connectivity index (χ0) is 14.9. The zero-order valence-corrected chi connectivity index (χ0v) is 13.1. The first kappa shape index (κ1) is 14.7. The van der Waals surface area contributed by atoms with Crippen molar-refractivity contribution in [1.82, 2.24) is 10.1 Å². The Morgan fingerprint density at radius 2 is 2.10 bits per heavy atom. The first-order valence-corrected chi connectivity index (χ1v) is 7.20. The molecule has 0 aliphatic heterocycles. The van der Waals surface area contributed by atoms with E-state index in [2.05, 4.69) is 10.1 Å². The maximum Gasteiger partial charge on any atom is 0.349 e. The molecule has 20 heavy (non-hydrogen) atoms. The fraction of sp³-hybridized carbons (Fsp3) is 0.500. The highest BCUT2D eigenvalue weighted by atomic mass is 32.1. The topological polar surface area (TPSA) is 65.2 Å². The molecular formula is C14H18N2O3S. The number of aryl methyl sites for hydroxylation is 1. The summed E-state index contributed by atoms with van der Waals surface area (Å²) in [6, 6.07) is 3.64. The van der Waals surface area contributed by atoms with Gasteiger partial charge in [0, 0.05) is 10.3 Å². The van der Waals surface area contributed by atoms with Gasteiger partial charge in [-0.25, -0.2) is 4.79 Å². The molecule has 0 spiro atoms. The average molecular weight is 294 g/mol. The highest BCUT2D eigenvalue weighted by Gasteiger charge is 2.25. The first-order valence-electron chi connectivity index (χ1n) is 6.39. The van der Waals surface area contributed by atoms with E-state index in [0.717, 1.165) is 4.88 Å². The van der Waals surface area contributed by atoms with Crippen molar-refractivity contribution in [3.8, 4) is 0 Å². The molecule has 2 aromatic heterocycles. The molecule has 0 fully saturated rings. The smallest absolute Gasteiger partial charge is 0.349 e. The maximum atomic E-state index is 11.9. The van der Waals surface area contributed by atoms with E-state index in [1.54, 1.807) is 13.0 Å². The SMILES string of the molecule is Cc1ccc(C(=O)OC(C)c2nc(C(C)(C)C)no2)s1. The Morgan fingerprint density at radius 3 is 2.60 bits per heavy atom. The molecule has 0 aliphatic carbocycles. The molecule has 1 unspecified atom stereocenters. The summed E-state index contributed by atoms with van der Waals surface area (Å²) in [5.74, 6) is 0.546. The third-order valence-corrected chi connectivity index (χ3v) is 3.67. The van der Waals surface area contributed by atoms with Crippen LogP contribution in [0.2, 0.25) is 0 Å². The molecule has 0 N–H and O–H groups in total. The second-order valence-corrected chi connectivity index (χ2v) is 6.95. The largest absolute Gasteiger partial charge is 0.448 e. The normalized spacial score (nSPS) is 13.2. The van der Waals surface area contributed by atoms with Crippen LogP contribution in [0.15, 0.2) is 16.7 Å². The van der Waals surface area contributed by atoms with Crippen LogP contribution in [0.3, 0.4) is 0 Å². The second kappa shape index (κ2) is 5.36. The minimum atomic E-state index is -0.562. The molecule has 1 atom stereocenters. The number of thiophene rings is 1. The van der Waals surface area contributed by atoms with Crippen LogP contribution in [-0.4, -0.2) is 16.1 Å². The lowest BCUT2D eigenvalue weighted by Gasteiger charge is -2.11. The molecule has 0 aromatic carbocycles. The number of esters is 1. The van der Waals surface area contributed by atoms with Crippen molar-refractivity contribution in [1.29, 1.82) is 0 Å². The third kappa shape index (κ3) is 3.25. The van der Waals surface area contributed by atoms with E-state index in [4.69, 9.17) is 9.26 Å². The summed E-state index contributed by atoms with van der Waals surface area (Å²) in [6.45, 7) is 9.64. The molecule has 0 saturated heterocycles. The lowest BCUT2D eigenvalue weighted by Crippen LogP contribution is -2.14. The molecule has 0 saturated carbocycles. The molecule has 0 amide bonds. The van der Waals surface area contributed by atoms with Gasteiger partial charge in [-0.1, -0.05) is 25.9 Å². The van der Waals surface area contributed by atoms with Crippen molar-refractivity contribution in [2.24, 2.45) is 0 Å². The Bertz CT molecular complexity index is 610.